The van der Waals surface area contributed by atoms with Gasteiger partial charge in [-0.05, 0) is 5.41 Å². The molecule has 20 heavy (non-hydrogen) atoms. The highest BCUT2D eigenvalue weighted by Gasteiger charge is 2.43. The summed E-state index contributed by atoms with van der Waals surface area (Å²) in [6.07, 6.45) is 3.46. The molecule has 0 bridgehead atoms. The molecule has 0 amide bonds. The highest BCUT2D eigenvalue weighted by atomic mass is 16.5. The minimum atomic E-state index is -1.72. The third-order valence-corrected chi connectivity index (χ3v) is 2.84. The largest absolute Gasteiger partial charge is 0.469 e. The summed E-state index contributed by atoms with van der Waals surface area (Å²) < 4.78 is 4.58. The Morgan fingerprint density at radius 2 is 1.60 bits per heavy atom. The van der Waals surface area contributed by atoms with Gasteiger partial charge >= 0.3 is 5.97 Å². The fourth-order valence-corrected chi connectivity index (χ4v) is 1.86. The second-order valence-electron chi connectivity index (χ2n) is 7.34. The molecular weight excluding hydrogens is 256 g/mol. The van der Waals surface area contributed by atoms with Crippen molar-refractivity contribution >= 4 is 11.8 Å². The molecule has 1 N–H and O–H groups in total. The van der Waals surface area contributed by atoms with Gasteiger partial charge in [-0.1, -0.05) is 53.7 Å². The highest BCUT2D eigenvalue weighted by Crippen LogP contribution is 2.29. The van der Waals surface area contributed by atoms with Gasteiger partial charge in [0, 0.05) is 11.8 Å². The summed E-state index contributed by atoms with van der Waals surface area (Å²) in [6, 6.07) is 0. The first-order valence-corrected chi connectivity index (χ1v) is 6.84. The zero-order valence-corrected chi connectivity index (χ0v) is 13.7. The molecule has 4 heteroatoms. The molecule has 0 heterocycles. The maximum Gasteiger partial charge on any atom is 0.308 e. The molecule has 1 atom stereocenters. The molecule has 0 spiro atoms. The summed E-state index contributed by atoms with van der Waals surface area (Å²) in [5.74, 6) is -0.941. The zero-order chi connectivity index (χ0) is 16.2. The molecule has 4 nitrogen and oxygen atoms in total. The van der Waals surface area contributed by atoms with E-state index in [-0.39, 0.29) is 24.0 Å². The summed E-state index contributed by atoms with van der Waals surface area (Å²) in [6.45, 7) is 11.2. The quantitative estimate of drug-likeness (QED) is 0.623. The van der Waals surface area contributed by atoms with Crippen LogP contribution in [0.2, 0.25) is 0 Å². The van der Waals surface area contributed by atoms with Gasteiger partial charge in [0.1, 0.15) is 5.60 Å². The fraction of sp³-hybridized carbons (Fsp3) is 0.750. The topological polar surface area (TPSA) is 63.6 Å². The Morgan fingerprint density at radius 1 is 1.10 bits per heavy atom. The van der Waals surface area contributed by atoms with Crippen LogP contribution in [-0.2, 0) is 14.3 Å². The maximum atomic E-state index is 12.4. The molecule has 0 aromatic heterocycles. The van der Waals surface area contributed by atoms with E-state index in [0.717, 1.165) is 0 Å². The molecule has 0 aliphatic rings. The van der Waals surface area contributed by atoms with Crippen molar-refractivity contribution in [2.24, 2.45) is 10.8 Å². The predicted octanol–water partition coefficient (Wildman–Crippen LogP) is 2.89. The lowest BCUT2D eigenvalue weighted by Crippen LogP contribution is -2.46. The Hall–Kier alpha value is -1.16. The van der Waals surface area contributed by atoms with Crippen LogP contribution in [0.3, 0.4) is 0 Å². The van der Waals surface area contributed by atoms with Crippen molar-refractivity contribution < 1.29 is 19.4 Å². The van der Waals surface area contributed by atoms with Gasteiger partial charge in [0.2, 0.25) is 0 Å². The van der Waals surface area contributed by atoms with Crippen LogP contribution >= 0.6 is 0 Å². The monoisotopic (exact) mass is 284 g/mol. The number of rotatable bonds is 5. The summed E-state index contributed by atoms with van der Waals surface area (Å²) >= 11 is 0. The molecule has 0 aromatic carbocycles. The number of allylic oxidation sites excluding steroid dienone is 1. The summed E-state index contributed by atoms with van der Waals surface area (Å²) in [7, 11) is 1.25. The number of Topliss-reactive ketones (excluding diaryl/α,β-unsaturated/α-hetero) is 1. The van der Waals surface area contributed by atoms with Gasteiger partial charge in [-0.3, -0.25) is 9.59 Å². The number of esters is 1. The highest BCUT2D eigenvalue weighted by molar-refractivity contribution is 5.94. The van der Waals surface area contributed by atoms with Crippen molar-refractivity contribution in [1.29, 1.82) is 0 Å². The van der Waals surface area contributed by atoms with Crippen LogP contribution in [0.25, 0.3) is 0 Å². The van der Waals surface area contributed by atoms with Crippen molar-refractivity contribution in [3.8, 4) is 0 Å². The maximum absolute atomic E-state index is 12.4. The van der Waals surface area contributed by atoms with E-state index in [4.69, 9.17) is 0 Å². The Balaban J connectivity index is 5.22. The third kappa shape index (κ3) is 6.33. The Labute approximate surface area is 122 Å². The van der Waals surface area contributed by atoms with Gasteiger partial charge < -0.3 is 9.84 Å². The minimum absolute atomic E-state index is 0.0447. The van der Waals surface area contributed by atoms with Gasteiger partial charge in [0.05, 0.1) is 13.5 Å². The molecule has 0 fully saturated rings. The molecule has 0 aliphatic carbocycles. The SMILES string of the molecule is COC(=O)C[C@](O)(C/C=C/C(C)(C)C)C(=O)C(C)(C)C. The number of aliphatic hydroxyl groups is 1. The van der Waals surface area contributed by atoms with Gasteiger partial charge in [0.15, 0.2) is 5.78 Å². The molecule has 0 rings (SSSR count). The lowest BCUT2D eigenvalue weighted by molar-refractivity contribution is -0.157. The van der Waals surface area contributed by atoms with E-state index >= 15 is 0 Å². The second kappa shape index (κ2) is 6.53. The van der Waals surface area contributed by atoms with Gasteiger partial charge in [-0.2, -0.15) is 0 Å². The Morgan fingerprint density at radius 3 is 1.95 bits per heavy atom. The zero-order valence-electron chi connectivity index (χ0n) is 13.7. The molecule has 0 unspecified atom stereocenters. The number of hydrogen-bond acceptors (Lipinski definition) is 4. The average Bonchev–Trinajstić information content (AvgIpc) is 2.24. The lowest BCUT2D eigenvalue weighted by atomic mass is 9.76. The van der Waals surface area contributed by atoms with Crippen molar-refractivity contribution in [3.63, 3.8) is 0 Å². The molecule has 0 radical (unpaired) electrons. The first-order chi connectivity index (χ1) is 8.82. The number of methoxy groups -OCH3 is 1. The van der Waals surface area contributed by atoms with Gasteiger partial charge in [0.25, 0.3) is 0 Å². The van der Waals surface area contributed by atoms with E-state index < -0.39 is 17.0 Å². The molecule has 116 valence electrons. The minimum Gasteiger partial charge on any atom is -0.469 e. The van der Waals surface area contributed by atoms with E-state index in [2.05, 4.69) is 4.74 Å². The van der Waals surface area contributed by atoms with Crippen LogP contribution in [0, 0.1) is 10.8 Å². The average molecular weight is 284 g/mol. The van der Waals surface area contributed by atoms with E-state index in [1.54, 1.807) is 26.8 Å². The van der Waals surface area contributed by atoms with Crippen LogP contribution < -0.4 is 0 Å². The molecule has 0 aromatic rings. The van der Waals surface area contributed by atoms with Crippen molar-refractivity contribution in [2.75, 3.05) is 7.11 Å². The first kappa shape index (κ1) is 18.8. The summed E-state index contributed by atoms with van der Waals surface area (Å²) in [5.41, 5.74) is -2.48. The van der Waals surface area contributed by atoms with Crippen molar-refractivity contribution in [1.82, 2.24) is 0 Å². The number of carbonyl (C=O) groups excluding carboxylic acids is 2. The summed E-state index contributed by atoms with van der Waals surface area (Å²) in [4.78, 5) is 23.9. The van der Waals surface area contributed by atoms with Crippen LogP contribution in [-0.4, -0.2) is 29.6 Å². The van der Waals surface area contributed by atoms with Crippen molar-refractivity contribution in [2.45, 2.75) is 60.0 Å². The van der Waals surface area contributed by atoms with Crippen LogP contribution in [0.1, 0.15) is 54.4 Å². The number of carbonyl (C=O) groups is 2. The van der Waals surface area contributed by atoms with E-state index in [0.29, 0.717) is 0 Å². The van der Waals surface area contributed by atoms with Crippen LogP contribution in [0.4, 0.5) is 0 Å². The molecular formula is C16H28O4. The van der Waals surface area contributed by atoms with E-state index in [9.17, 15) is 14.7 Å². The summed E-state index contributed by atoms with van der Waals surface area (Å²) in [5, 5.41) is 10.6. The van der Waals surface area contributed by atoms with E-state index in [1.807, 2.05) is 26.8 Å². The lowest BCUT2D eigenvalue weighted by Gasteiger charge is -2.31. The van der Waals surface area contributed by atoms with Gasteiger partial charge in [-0.15, -0.1) is 0 Å². The number of hydrogen-bond donors (Lipinski definition) is 1. The number of ether oxygens (including phenoxy) is 1. The van der Waals surface area contributed by atoms with Crippen molar-refractivity contribution in [3.05, 3.63) is 12.2 Å². The molecule has 0 aliphatic heterocycles. The number of ketones is 1. The predicted molar refractivity (Wildman–Crippen MR) is 79.3 cm³/mol. The third-order valence-electron chi connectivity index (χ3n) is 2.84. The standard InChI is InChI=1S/C16H28O4/c1-14(2,3)9-8-10-16(19,11-12(17)20-7)13(18)15(4,5)6/h8-9,19H,10-11H2,1-7H3/b9-8+/t16-/m1/s1. The smallest absolute Gasteiger partial charge is 0.308 e. The van der Waals surface area contributed by atoms with Crippen LogP contribution in [0.15, 0.2) is 12.2 Å². The molecule has 0 saturated heterocycles. The second-order valence-corrected chi connectivity index (χ2v) is 7.34. The Kier molecular flexibility index (Phi) is 6.15. The van der Waals surface area contributed by atoms with E-state index in [1.165, 1.54) is 7.11 Å². The van der Waals surface area contributed by atoms with Gasteiger partial charge in [-0.25, -0.2) is 0 Å². The molecule has 0 saturated carbocycles. The Bertz CT molecular complexity index is 382. The fourth-order valence-electron chi connectivity index (χ4n) is 1.86. The normalized spacial score (nSPS) is 16.0. The van der Waals surface area contributed by atoms with Crippen LogP contribution in [0.5, 0.6) is 0 Å². The first-order valence-electron chi connectivity index (χ1n) is 6.84.